The molecule has 7 heteroatoms. The highest BCUT2D eigenvalue weighted by atomic mass is 35.5. The maximum Gasteiger partial charge on any atom is 0.275 e. The van der Waals surface area contributed by atoms with Crippen LogP contribution in [0.1, 0.15) is 16.1 Å². The van der Waals surface area contributed by atoms with Crippen molar-refractivity contribution in [1.82, 2.24) is 10.3 Å². The van der Waals surface area contributed by atoms with E-state index in [4.69, 9.17) is 11.6 Å². The number of likely N-dealkylation sites (N-methyl/N-ethyl adjacent to an activating group) is 1. The second-order valence-corrected chi connectivity index (χ2v) is 6.84. The van der Waals surface area contributed by atoms with Gasteiger partial charge in [-0.05, 0) is 29.8 Å². The second-order valence-electron chi connectivity index (χ2n) is 5.55. The van der Waals surface area contributed by atoms with Gasteiger partial charge in [0.15, 0.2) is 0 Å². The van der Waals surface area contributed by atoms with Gasteiger partial charge in [0.2, 0.25) is 5.91 Å². The summed E-state index contributed by atoms with van der Waals surface area (Å²) in [6, 6.07) is 14.5. The van der Waals surface area contributed by atoms with Gasteiger partial charge in [0.1, 0.15) is 10.7 Å². The molecule has 0 atom stereocenters. The molecule has 2 amide bonds. The molecule has 0 unspecified atom stereocenters. The molecule has 0 aliphatic rings. The zero-order valence-electron chi connectivity index (χ0n) is 14.0. The Hall–Kier alpha value is -2.70. The first-order valence-electron chi connectivity index (χ1n) is 7.87. The van der Waals surface area contributed by atoms with E-state index in [1.165, 1.54) is 11.3 Å². The van der Waals surface area contributed by atoms with Crippen LogP contribution in [0.2, 0.25) is 5.02 Å². The second kappa shape index (κ2) is 8.12. The zero-order chi connectivity index (χ0) is 18.5. The lowest BCUT2D eigenvalue weighted by molar-refractivity contribution is -0.119. The predicted molar refractivity (Wildman–Crippen MR) is 105 cm³/mol. The van der Waals surface area contributed by atoms with E-state index in [0.29, 0.717) is 22.8 Å². The predicted octanol–water partition coefficient (Wildman–Crippen LogP) is 4.00. The van der Waals surface area contributed by atoms with Crippen LogP contribution in [0.5, 0.6) is 0 Å². The minimum atomic E-state index is -0.277. The van der Waals surface area contributed by atoms with Crippen molar-refractivity contribution in [2.75, 3.05) is 12.4 Å². The van der Waals surface area contributed by atoms with E-state index in [1.54, 1.807) is 36.7 Å². The summed E-state index contributed by atoms with van der Waals surface area (Å²) in [6.07, 6.45) is 0.307. The Morgan fingerprint density at radius 1 is 1.08 bits per heavy atom. The lowest BCUT2D eigenvalue weighted by Gasteiger charge is -2.05. The monoisotopic (exact) mass is 385 g/mol. The Kier molecular flexibility index (Phi) is 5.65. The fourth-order valence-corrected chi connectivity index (χ4v) is 3.21. The molecule has 1 aromatic heterocycles. The molecule has 0 saturated heterocycles. The molecule has 0 saturated carbocycles. The number of nitrogens with zero attached hydrogens (tertiary/aromatic N) is 1. The van der Waals surface area contributed by atoms with Crippen LogP contribution in [0.4, 0.5) is 5.69 Å². The summed E-state index contributed by atoms with van der Waals surface area (Å²) in [4.78, 5) is 28.1. The van der Waals surface area contributed by atoms with Gasteiger partial charge < -0.3 is 10.6 Å². The van der Waals surface area contributed by atoms with Crippen molar-refractivity contribution in [3.05, 3.63) is 70.2 Å². The van der Waals surface area contributed by atoms with Crippen molar-refractivity contribution in [1.29, 1.82) is 0 Å². The van der Waals surface area contributed by atoms with Gasteiger partial charge in [0, 0.05) is 28.7 Å². The summed E-state index contributed by atoms with van der Waals surface area (Å²) in [5, 5.41) is 8.52. The van der Waals surface area contributed by atoms with E-state index in [1.807, 2.05) is 24.3 Å². The van der Waals surface area contributed by atoms with Crippen LogP contribution >= 0.6 is 22.9 Å². The number of anilines is 1. The van der Waals surface area contributed by atoms with E-state index in [9.17, 15) is 9.59 Å². The smallest absolute Gasteiger partial charge is 0.275 e. The third kappa shape index (κ3) is 4.47. The summed E-state index contributed by atoms with van der Waals surface area (Å²) in [7, 11) is 1.60. The van der Waals surface area contributed by atoms with Crippen LogP contribution in [0.15, 0.2) is 53.9 Å². The van der Waals surface area contributed by atoms with Gasteiger partial charge in [0.05, 0.1) is 6.42 Å². The number of rotatable bonds is 5. The molecule has 2 N–H and O–H groups in total. The fourth-order valence-electron chi connectivity index (χ4n) is 2.28. The van der Waals surface area contributed by atoms with Crippen molar-refractivity contribution in [2.45, 2.75) is 6.42 Å². The van der Waals surface area contributed by atoms with Gasteiger partial charge in [-0.1, -0.05) is 35.9 Å². The first-order valence-corrected chi connectivity index (χ1v) is 9.13. The van der Waals surface area contributed by atoms with E-state index >= 15 is 0 Å². The number of aromatic nitrogens is 1. The Labute approximate surface area is 160 Å². The number of nitrogens with one attached hydrogen (secondary N) is 2. The molecule has 0 bridgehead atoms. The normalized spacial score (nSPS) is 10.4. The molecule has 0 spiro atoms. The Balaban J connectivity index is 1.66. The van der Waals surface area contributed by atoms with Crippen molar-refractivity contribution in [2.24, 2.45) is 0 Å². The molecular formula is C19H16ClN3O2S. The van der Waals surface area contributed by atoms with Crippen molar-refractivity contribution in [3.8, 4) is 10.6 Å². The number of benzene rings is 2. The van der Waals surface area contributed by atoms with Gasteiger partial charge in [-0.15, -0.1) is 11.3 Å². The zero-order valence-corrected chi connectivity index (χ0v) is 15.5. The van der Waals surface area contributed by atoms with E-state index < -0.39 is 0 Å². The van der Waals surface area contributed by atoms with Crippen LogP contribution in [0.25, 0.3) is 10.6 Å². The Morgan fingerprint density at radius 2 is 1.77 bits per heavy atom. The first-order chi connectivity index (χ1) is 12.5. The maximum atomic E-state index is 12.4. The molecule has 0 aliphatic carbocycles. The molecular weight excluding hydrogens is 370 g/mol. The fraction of sp³-hybridized carbons (Fsp3) is 0.105. The summed E-state index contributed by atoms with van der Waals surface area (Å²) in [6.45, 7) is 0. The van der Waals surface area contributed by atoms with Crippen LogP contribution in [0.3, 0.4) is 0 Å². The van der Waals surface area contributed by atoms with E-state index in [2.05, 4.69) is 15.6 Å². The first kappa shape index (κ1) is 18.1. The van der Waals surface area contributed by atoms with Crippen molar-refractivity contribution in [3.63, 3.8) is 0 Å². The SMILES string of the molecule is CNC(=O)Cc1ccc(NC(=O)c2csc(-c3ccc(Cl)cc3)n2)cc1. The molecule has 1 heterocycles. The molecule has 3 aromatic rings. The molecule has 0 aliphatic heterocycles. The quantitative estimate of drug-likeness (QED) is 0.697. The van der Waals surface area contributed by atoms with Gasteiger partial charge >= 0.3 is 0 Å². The number of halogens is 1. The van der Waals surface area contributed by atoms with Gasteiger partial charge in [-0.3, -0.25) is 9.59 Å². The third-order valence-corrected chi connectivity index (χ3v) is 4.83. The van der Waals surface area contributed by atoms with Gasteiger partial charge in [0.25, 0.3) is 5.91 Å². The summed E-state index contributed by atoms with van der Waals surface area (Å²) < 4.78 is 0. The molecule has 0 radical (unpaired) electrons. The highest BCUT2D eigenvalue weighted by Crippen LogP contribution is 2.25. The lowest BCUT2D eigenvalue weighted by Crippen LogP contribution is -2.19. The maximum absolute atomic E-state index is 12.4. The van der Waals surface area contributed by atoms with Crippen LogP contribution < -0.4 is 10.6 Å². The molecule has 0 fully saturated rings. The number of hydrogen-bond donors (Lipinski definition) is 2. The lowest BCUT2D eigenvalue weighted by atomic mass is 10.1. The molecule has 26 heavy (non-hydrogen) atoms. The average Bonchev–Trinajstić information content (AvgIpc) is 3.14. The standard InChI is InChI=1S/C19H16ClN3O2S/c1-21-17(24)10-12-2-8-15(9-3-12)22-18(25)16-11-26-19(23-16)13-4-6-14(20)7-5-13/h2-9,11H,10H2,1H3,(H,21,24)(H,22,25). The van der Waals surface area contributed by atoms with Crippen molar-refractivity contribution < 1.29 is 9.59 Å². The topological polar surface area (TPSA) is 71.1 Å². The van der Waals surface area contributed by atoms with Crippen molar-refractivity contribution >= 4 is 40.4 Å². The summed E-state index contributed by atoms with van der Waals surface area (Å²) in [5.41, 5.74) is 2.80. The largest absolute Gasteiger partial charge is 0.359 e. The third-order valence-electron chi connectivity index (χ3n) is 3.68. The van der Waals surface area contributed by atoms with E-state index in [0.717, 1.165) is 16.1 Å². The highest BCUT2D eigenvalue weighted by molar-refractivity contribution is 7.13. The highest BCUT2D eigenvalue weighted by Gasteiger charge is 2.12. The molecule has 5 nitrogen and oxygen atoms in total. The Bertz CT molecular complexity index is 921. The number of thiazole rings is 1. The number of carbonyl (C=O) groups is 2. The minimum absolute atomic E-state index is 0.0565. The summed E-state index contributed by atoms with van der Waals surface area (Å²) in [5.74, 6) is -0.334. The molecule has 3 rings (SSSR count). The number of carbonyl (C=O) groups excluding carboxylic acids is 2. The van der Waals surface area contributed by atoms with Crippen LogP contribution in [-0.4, -0.2) is 23.8 Å². The number of hydrogen-bond acceptors (Lipinski definition) is 4. The van der Waals surface area contributed by atoms with E-state index in [-0.39, 0.29) is 11.8 Å². The van der Waals surface area contributed by atoms with Gasteiger partial charge in [-0.2, -0.15) is 0 Å². The van der Waals surface area contributed by atoms with Crippen LogP contribution in [0, 0.1) is 0 Å². The average molecular weight is 386 g/mol. The minimum Gasteiger partial charge on any atom is -0.359 e. The van der Waals surface area contributed by atoms with Gasteiger partial charge in [-0.25, -0.2) is 4.98 Å². The van der Waals surface area contributed by atoms with Crippen LogP contribution in [-0.2, 0) is 11.2 Å². The summed E-state index contributed by atoms with van der Waals surface area (Å²) >= 11 is 7.29. The number of amides is 2. The molecule has 132 valence electrons. The molecule has 2 aromatic carbocycles. The Morgan fingerprint density at radius 3 is 2.42 bits per heavy atom.